The van der Waals surface area contributed by atoms with Crippen LogP contribution in [0.2, 0.25) is 0 Å². The molecule has 1 N–H and O–H groups in total. The van der Waals surface area contributed by atoms with Gasteiger partial charge in [-0.25, -0.2) is 0 Å². The molecule has 19 heavy (non-hydrogen) atoms. The van der Waals surface area contributed by atoms with Crippen molar-refractivity contribution < 1.29 is 0 Å². The second-order valence-electron chi connectivity index (χ2n) is 5.89. The molecule has 2 aliphatic rings. The lowest BCUT2D eigenvalue weighted by Crippen LogP contribution is -2.39. The van der Waals surface area contributed by atoms with E-state index in [4.69, 9.17) is 4.99 Å². The highest BCUT2D eigenvalue weighted by Crippen LogP contribution is 2.43. The molecule has 0 aromatic carbocycles. The van der Waals surface area contributed by atoms with Gasteiger partial charge in [-0.1, -0.05) is 24.6 Å². The number of thioether (sulfide) groups is 1. The number of hydrogen-bond donors (Lipinski definition) is 1. The van der Waals surface area contributed by atoms with E-state index < -0.39 is 0 Å². The van der Waals surface area contributed by atoms with Gasteiger partial charge in [-0.2, -0.15) is 5.10 Å². The fourth-order valence-corrected chi connectivity index (χ4v) is 4.28. The van der Waals surface area contributed by atoms with Gasteiger partial charge < -0.3 is 5.32 Å². The number of amidine groups is 1. The third kappa shape index (κ3) is 3.14. The summed E-state index contributed by atoms with van der Waals surface area (Å²) in [7, 11) is 0. The maximum atomic E-state index is 4.77. The van der Waals surface area contributed by atoms with Crippen LogP contribution in [0, 0.1) is 5.41 Å². The molecule has 0 saturated heterocycles. The summed E-state index contributed by atoms with van der Waals surface area (Å²) in [6, 6.07) is 2.33. The van der Waals surface area contributed by atoms with E-state index in [2.05, 4.69) is 17.3 Å². The summed E-state index contributed by atoms with van der Waals surface area (Å²) in [6.45, 7) is 4.10. The molecule has 2 heterocycles. The van der Waals surface area contributed by atoms with Crippen molar-refractivity contribution >= 4 is 16.9 Å². The van der Waals surface area contributed by atoms with Gasteiger partial charge in [0.2, 0.25) is 0 Å². The van der Waals surface area contributed by atoms with Crippen LogP contribution >= 0.6 is 11.8 Å². The molecule has 1 unspecified atom stereocenters. The van der Waals surface area contributed by atoms with Crippen LogP contribution in [-0.4, -0.2) is 33.3 Å². The minimum Gasteiger partial charge on any atom is -0.361 e. The Hall–Kier alpha value is -0.970. The molecule has 1 aromatic rings. The van der Waals surface area contributed by atoms with Gasteiger partial charge in [0.15, 0.2) is 5.17 Å². The summed E-state index contributed by atoms with van der Waals surface area (Å²) >= 11 is 1.91. The highest BCUT2D eigenvalue weighted by molar-refractivity contribution is 8.13. The lowest BCUT2D eigenvalue weighted by atomic mass is 9.89. The van der Waals surface area contributed by atoms with E-state index in [9.17, 15) is 0 Å². The van der Waals surface area contributed by atoms with E-state index >= 15 is 0 Å². The lowest BCUT2D eigenvalue weighted by molar-refractivity contribution is 0.357. The molecule has 1 aliphatic heterocycles. The van der Waals surface area contributed by atoms with Crippen LogP contribution in [0.1, 0.15) is 32.6 Å². The average Bonchev–Trinajstić information content (AvgIpc) is 3.05. The zero-order valence-corrected chi connectivity index (χ0v) is 12.3. The summed E-state index contributed by atoms with van der Waals surface area (Å²) < 4.78 is 1.96. The molecule has 1 atom stereocenters. The second kappa shape index (κ2) is 5.57. The Balaban J connectivity index is 1.52. The molecule has 5 heteroatoms. The fraction of sp³-hybridized carbons (Fsp3) is 0.714. The largest absolute Gasteiger partial charge is 0.361 e. The third-order valence-electron chi connectivity index (χ3n) is 4.13. The molecule has 1 aliphatic carbocycles. The van der Waals surface area contributed by atoms with Crippen LogP contribution in [0.25, 0.3) is 0 Å². The molecular weight excluding hydrogens is 256 g/mol. The van der Waals surface area contributed by atoms with Gasteiger partial charge in [0.25, 0.3) is 0 Å². The normalized spacial score (nSPS) is 23.3. The predicted octanol–water partition coefficient (Wildman–Crippen LogP) is 2.52. The molecule has 1 aromatic heterocycles. The van der Waals surface area contributed by atoms with Crippen LogP contribution in [0.5, 0.6) is 0 Å². The number of nitrogens with zero attached hydrogens (tertiary/aromatic N) is 3. The maximum absolute atomic E-state index is 4.77. The van der Waals surface area contributed by atoms with Crippen LogP contribution in [-0.2, 0) is 6.54 Å². The van der Waals surface area contributed by atoms with Gasteiger partial charge in [-0.15, -0.1) is 0 Å². The first-order valence-corrected chi connectivity index (χ1v) is 8.16. The molecule has 4 nitrogen and oxygen atoms in total. The van der Waals surface area contributed by atoms with Crippen LogP contribution < -0.4 is 5.32 Å². The van der Waals surface area contributed by atoms with Gasteiger partial charge in [-0.3, -0.25) is 9.67 Å². The Morgan fingerprint density at radius 2 is 2.32 bits per heavy atom. The zero-order chi connectivity index (χ0) is 13.1. The molecular formula is C14H22N4S. The second-order valence-corrected chi connectivity index (χ2v) is 6.85. The maximum Gasteiger partial charge on any atom is 0.156 e. The van der Waals surface area contributed by atoms with Crippen molar-refractivity contribution in [3.05, 3.63) is 18.5 Å². The lowest BCUT2D eigenvalue weighted by Gasteiger charge is -2.31. The number of rotatable bonds is 3. The monoisotopic (exact) mass is 278 g/mol. The average molecular weight is 278 g/mol. The number of aromatic nitrogens is 2. The van der Waals surface area contributed by atoms with Gasteiger partial charge in [0, 0.05) is 30.7 Å². The molecule has 1 fully saturated rings. The van der Waals surface area contributed by atoms with Gasteiger partial charge in [-0.05, 0) is 31.2 Å². The van der Waals surface area contributed by atoms with E-state index in [1.54, 1.807) is 0 Å². The van der Waals surface area contributed by atoms with Crippen molar-refractivity contribution in [2.24, 2.45) is 10.4 Å². The summed E-state index contributed by atoms with van der Waals surface area (Å²) in [5.74, 6) is 1.24. The van der Waals surface area contributed by atoms with Crippen molar-refractivity contribution in [1.82, 2.24) is 15.1 Å². The molecule has 3 rings (SSSR count). The summed E-state index contributed by atoms with van der Waals surface area (Å²) in [4.78, 5) is 4.77. The SMILES string of the molecule is CC(Cn1cccn1)NC1=NCC2(CCCC2)CS1. The van der Waals surface area contributed by atoms with Crippen molar-refractivity contribution in [2.45, 2.75) is 45.2 Å². The standard InChI is InChI=1S/C14H22N4S/c1-12(9-18-8-4-7-16-18)17-13-15-10-14(11-19-13)5-2-3-6-14/h4,7-8,12H,2-3,5-6,9-11H2,1H3,(H,15,17). The Morgan fingerprint density at radius 3 is 2.95 bits per heavy atom. The van der Waals surface area contributed by atoms with Gasteiger partial charge in [0.1, 0.15) is 0 Å². The predicted molar refractivity (Wildman–Crippen MR) is 80.5 cm³/mol. The van der Waals surface area contributed by atoms with E-state index in [-0.39, 0.29) is 0 Å². The number of hydrogen-bond acceptors (Lipinski definition) is 4. The van der Waals surface area contributed by atoms with Gasteiger partial charge >= 0.3 is 0 Å². The zero-order valence-electron chi connectivity index (χ0n) is 11.5. The molecule has 0 radical (unpaired) electrons. The van der Waals surface area contributed by atoms with Crippen molar-refractivity contribution in [3.8, 4) is 0 Å². The van der Waals surface area contributed by atoms with Crippen LogP contribution in [0.3, 0.4) is 0 Å². The quantitative estimate of drug-likeness (QED) is 0.924. The summed E-state index contributed by atoms with van der Waals surface area (Å²) in [6.07, 6.45) is 9.37. The Kier molecular flexibility index (Phi) is 3.82. The fourth-order valence-electron chi connectivity index (χ4n) is 3.01. The summed E-state index contributed by atoms with van der Waals surface area (Å²) in [5, 5.41) is 8.88. The molecule has 0 bridgehead atoms. The van der Waals surface area contributed by atoms with E-state index in [0.717, 1.165) is 18.3 Å². The Labute approximate surface area is 119 Å². The molecule has 1 spiro atoms. The first-order chi connectivity index (χ1) is 9.26. The van der Waals surface area contributed by atoms with Crippen molar-refractivity contribution in [2.75, 3.05) is 12.3 Å². The van der Waals surface area contributed by atoms with E-state index in [1.807, 2.05) is 34.9 Å². The minimum atomic E-state index is 0.365. The van der Waals surface area contributed by atoms with Gasteiger partial charge in [0.05, 0.1) is 6.54 Å². The van der Waals surface area contributed by atoms with E-state index in [0.29, 0.717) is 11.5 Å². The summed E-state index contributed by atoms with van der Waals surface area (Å²) in [5.41, 5.74) is 0.529. The Morgan fingerprint density at radius 1 is 1.47 bits per heavy atom. The molecule has 104 valence electrons. The highest BCUT2D eigenvalue weighted by atomic mass is 32.2. The first-order valence-electron chi connectivity index (χ1n) is 7.17. The third-order valence-corrected chi connectivity index (χ3v) is 5.40. The smallest absolute Gasteiger partial charge is 0.156 e. The Bertz CT molecular complexity index is 434. The number of nitrogens with one attached hydrogen (secondary N) is 1. The minimum absolute atomic E-state index is 0.365. The topological polar surface area (TPSA) is 42.2 Å². The molecule has 1 saturated carbocycles. The van der Waals surface area contributed by atoms with Crippen molar-refractivity contribution in [1.29, 1.82) is 0 Å². The van der Waals surface area contributed by atoms with Crippen LogP contribution in [0.15, 0.2) is 23.5 Å². The van der Waals surface area contributed by atoms with Crippen molar-refractivity contribution in [3.63, 3.8) is 0 Å². The molecule has 0 amide bonds. The first kappa shape index (κ1) is 13.0. The number of aliphatic imine (C=N–C) groups is 1. The highest BCUT2D eigenvalue weighted by Gasteiger charge is 2.36. The van der Waals surface area contributed by atoms with Crippen LogP contribution in [0.4, 0.5) is 0 Å². The van der Waals surface area contributed by atoms with E-state index in [1.165, 1.54) is 31.4 Å².